The van der Waals surface area contributed by atoms with Crippen molar-refractivity contribution >= 4 is 33.6 Å². The number of benzene rings is 2. The number of rotatable bonds is 5. The minimum atomic E-state index is -0.727. The molecule has 3 amide bonds. The summed E-state index contributed by atoms with van der Waals surface area (Å²) in [6.45, 7) is 1.77. The van der Waals surface area contributed by atoms with Gasteiger partial charge in [-0.3, -0.25) is 4.79 Å². The molecule has 0 radical (unpaired) electrons. The van der Waals surface area contributed by atoms with E-state index in [1.165, 1.54) is 12.1 Å². The van der Waals surface area contributed by atoms with Gasteiger partial charge in [0, 0.05) is 10.2 Å². The largest absolute Gasteiger partial charge is 0.352 e. The maximum atomic E-state index is 13.3. The van der Waals surface area contributed by atoms with E-state index in [1.54, 1.807) is 31.2 Å². The second kappa shape index (κ2) is 7.92. The second-order valence-electron chi connectivity index (χ2n) is 5.33. The van der Waals surface area contributed by atoms with Gasteiger partial charge in [0.15, 0.2) is 0 Å². The van der Waals surface area contributed by atoms with E-state index in [-0.39, 0.29) is 12.3 Å². The molecule has 1 unspecified atom stereocenters. The monoisotopic (exact) mass is 393 g/mol. The molecule has 7 heteroatoms. The predicted octanol–water partition coefficient (Wildman–Crippen LogP) is 3.63. The molecule has 0 spiro atoms. The molecule has 2 aromatic carbocycles. The number of halogens is 2. The Hall–Kier alpha value is -2.41. The van der Waals surface area contributed by atoms with Crippen LogP contribution in [-0.2, 0) is 4.79 Å². The molecule has 0 aliphatic carbocycles. The average molecular weight is 394 g/mol. The van der Waals surface area contributed by atoms with Crippen LogP contribution in [0.2, 0.25) is 0 Å². The fraction of sp³-hybridized carbons (Fsp3) is 0.176. The van der Waals surface area contributed by atoms with Crippen molar-refractivity contribution in [1.29, 1.82) is 0 Å². The minimum absolute atomic E-state index is 0.0324. The lowest BCUT2D eigenvalue weighted by atomic mass is 10.0. The van der Waals surface area contributed by atoms with E-state index >= 15 is 0 Å². The summed E-state index contributed by atoms with van der Waals surface area (Å²) in [5.41, 5.74) is 7.07. The van der Waals surface area contributed by atoms with Crippen molar-refractivity contribution < 1.29 is 14.0 Å². The summed E-state index contributed by atoms with van der Waals surface area (Å²) in [5, 5.41) is 5.21. The molecule has 0 bridgehead atoms. The molecule has 5 nitrogen and oxygen atoms in total. The van der Waals surface area contributed by atoms with Crippen molar-refractivity contribution in [2.45, 2.75) is 19.4 Å². The number of primary amides is 1. The average Bonchev–Trinajstić information content (AvgIpc) is 2.50. The van der Waals surface area contributed by atoms with Gasteiger partial charge >= 0.3 is 6.03 Å². The molecule has 0 saturated heterocycles. The van der Waals surface area contributed by atoms with Gasteiger partial charge in [-0.1, -0.05) is 34.1 Å². The summed E-state index contributed by atoms with van der Waals surface area (Å²) in [4.78, 5) is 23.5. The highest BCUT2D eigenvalue weighted by molar-refractivity contribution is 9.10. The highest BCUT2D eigenvalue weighted by Gasteiger charge is 2.18. The van der Waals surface area contributed by atoms with E-state index in [9.17, 15) is 14.0 Å². The van der Waals surface area contributed by atoms with E-state index in [0.29, 0.717) is 5.69 Å². The van der Waals surface area contributed by atoms with Gasteiger partial charge in [-0.15, -0.1) is 0 Å². The zero-order chi connectivity index (χ0) is 17.7. The normalized spacial score (nSPS) is 11.6. The Bertz CT molecular complexity index is 767. The molecule has 0 saturated carbocycles. The minimum Gasteiger partial charge on any atom is -0.352 e. The van der Waals surface area contributed by atoms with Crippen LogP contribution >= 0.6 is 15.9 Å². The Kier molecular flexibility index (Phi) is 5.92. The van der Waals surface area contributed by atoms with Crippen molar-refractivity contribution in [2.24, 2.45) is 5.73 Å². The summed E-state index contributed by atoms with van der Waals surface area (Å²) in [6.07, 6.45) is -0.0324. The van der Waals surface area contributed by atoms with E-state index in [1.807, 2.05) is 6.07 Å². The highest BCUT2D eigenvalue weighted by atomic mass is 79.9. The van der Waals surface area contributed by atoms with Crippen LogP contribution in [0, 0.1) is 12.7 Å². The maximum Gasteiger partial charge on any atom is 0.312 e. The second-order valence-corrected chi connectivity index (χ2v) is 6.24. The topological polar surface area (TPSA) is 84.2 Å². The van der Waals surface area contributed by atoms with Gasteiger partial charge in [-0.25, -0.2) is 9.18 Å². The summed E-state index contributed by atoms with van der Waals surface area (Å²) in [6, 6.07) is 10.0. The predicted molar refractivity (Wildman–Crippen MR) is 94.0 cm³/mol. The fourth-order valence-electron chi connectivity index (χ4n) is 2.26. The molecule has 2 rings (SSSR count). The van der Waals surface area contributed by atoms with Crippen molar-refractivity contribution in [2.75, 3.05) is 5.32 Å². The zero-order valence-corrected chi connectivity index (χ0v) is 14.6. The van der Waals surface area contributed by atoms with Crippen molar-refractivity contribution in [3.63, 3.8) is 0 Å². The van der Waals surface area contributed by atoms with Gasteiger partial charge in [0.1, 0.15) is 5.82 Å². The molecule has 0 fully saturated rings. The van der Waals surface area contributed by atoms with Crippen molar-refractivity contribution in [3.05, 3.63) is 63.9 Å². The van der Waals surface area contributed by atoms with Crippen LogP contribution < -0.4 is 16.4 Å². The molecule has 0 aliphatic heterocycles. The molecule has 2 aromatic rings. The number of hydrogen-bond donors (Lipinski definition) is 3. The summed E-state index contributed by atoms with van der Waals surface area (Å²) >= 11 is 3.35. The van der Waals surface area contributed by atoms with E-state index in [4.69, 9.17) is 5.73 Å². The first-order valence-corrected chi connectivity index (χ1v) is 8.02. The van der Waals surface area contributed by atoms with Gasteiger partial charge in [-0.2, -0.15) is 0 Å². The number of hydrogen-bond acceptors (Lipinski definition) is 2. The maximum absolute atomic E-state index is 13.3. The molecule has 0 aliphatic rings. The van der Waals surface area contributed by atoms with Gasteiger partial charge in [0.05, 0.1) is 12.5 Å². The molecule has 24 heavy (non-hydrogen) atoms. The van der Waals surface area contributed by atoms with Crippen molar-refractivity contribution in [1.82, 2.24) is 5.32 Å². The smallest absolute Gasteiger partial charge is 0.312 e. The van der Waals surface area contributed by atoms with Gasteiger partial charge < -0.3 is 16.4 Å². The summed E-state index contributed by atoms with van der Waals surface area (Å²) in [7, 11) is 0. The van der Waals surface area contributed by atoms with Gasteiger partial charge in [0.2, 0.25) is 5.91 Å². The lowest BCUT2D eigenvalue weighted by Gasteiger charge is -2.18. The number of aryl methyl sites for hydroxylation is 1. The highest BCUT2D eigenvalue weighted by Crippen LogP contribution is 2.22. The zero-order valence-electron chi connectivity index (χ0n) is 13.0. The Labute approximate surface area is 147 Å². The molecule has 0 heterocycles. The number of carbonyl (C=O) groups is 2. The van der Waals surface area contributed by atoms with Crippen LogP contribution in [0.25, 0.3) is 0 Å². The Balaban J connectivity index is 2.15. The summed E-state index contributed by atoms with van der Waals surface area (Å²) < 4.78 is 14.1. The van der Waals surface area contributed by atoms with Crippen LogP contribution in [0.15, 0.2) is 46.9 Å². The van der Waals surface area contributed by atoms with Crippen molar-refractivity contribution in [3.8, 4) is 0 Å². The number of urea groups is 1. The van der Waals surface area contributed by atoms with Gasteiger partial charge in [-0.05, 0) is 42.3 Å². The SMILES string of the molecule is Cc1ccc(F)cc1NC(=O)CC(NC(N)=O)c1cccc(Br)c1. The molecule has 126 valence electrons. The third kappa shape index (κ3) is 5.06. The molecule has 1 atom stereocenters. The van der Waals surface area contributed by atoms with E-state index < -0.39 is 17.9 Å². The van der Waals surface area contributed by atoms with Crippen LogP contribution in [0.4, 0.5) is 14.9 Å². The first kappa shape index (κ1) is 17.9. The Morgan fingerprint density at radius 2 is 2.00 bits per heavy atom. The Morgan fingerprint density at radius 3 is 2.67 bits per heavy atom. The number of anilines is 1. The standard InChI is InChI=1S/C17H17BrFN3O2/c1-10-5-6-13(19)8-14(10)21-16(23)9-15(22-17(20)24)11-3-2-4-12(18)7-11/h2-8,15H,9H2,1H3,(H,21,23)(H3,20,22,24). The number of nitrogens with two attached hydrogens (primary N) is 1. The van der Waals surface area contributed by atoms with Gasteiger partial charge in [0.25, 0.3) is 0 Å². The molecule has 4 N–H and O–H groups in total. The molecular weight excluding hydrogens is 377 g/mol. The van der Waals surface area contributed by atoms with Crippen LogP contribution in [0.5, 0.6) is 0 Å². The quantitative estimate of drug-likeness (QED) is 0.724. The van der Waals surface area contributed by atoms with E-state index in [2.05, 4.69) is 26.6 Å². The van der Waals surface area contributed by atoms with E-state index in [0.717, 1.165) is 15.6 Å². The fourth-order valence-corrected chi connectivity index (χ4v) is 2.68. The van der Waals surface area contributed by atoms with Crippen LogP contribution in [-0.4, -0.2) is 11.9 Å². The first-order chi connectivity index (χ1) is 11.3. The molecular formula is C17H17BrFN3O2. The first-order valence-electron chi connectivity index (χ1n) is 7.22. The van der Waals surface area contributed by atoms with Crippen LogP contribution in [0.3, 0.4) is 0 Å². The number of carbonyl (C=O) groups excluding carboxylic acids is 2. The third-order valence-corrected chi connectivity index (χ3v) is 3.92. The molecule has 0 aromatic heterocycles. The van der Waals surface area contributed by atoms with Crippen LogP contribution in [0.1, 0.15) is 23.6 Å². The third-order valence-electron chi connectivity index (χ3n) is 3.43. The summed E-state index contributed by atoms with van der Waals surface area (Å²) in [5.74, 6) is -0.794. The lowest BCUT2D eigenvalue weighted by Crippen LogP contribution is -2.35. The number of nitrogens with one attached hydrogen (secondary N) is 2. The number of amides is 3. The lowest BCUT2D eigenvalue weighted by molar-refractivity contribution is -0.116. The Morgan fingerprint density at radius 1 is 1.25 bits per heavy atom.